The molecular formula is C12H12F2N2. The molecule has 0 aliphatic rings. The normalized spacial score (nSPS) is 13.2. The lowest BCUT2D eigenvalue weighted by atomic mass is 10.0. The van der Waals surface area contributed by atoms with E-state index < -0.39 is 12.5 Å². The third-order valence-corrected chi connectivity index (χ3v) is 2.51. The highest BCUT2D eigenvalue weighted by atomic mass is 19.3. The fourth-order valence-electron chi connectivity index (χ4n) is 1.76. The van der Waals surface area contributed by atoms with Crippen molar-refractivity contribution in [2.24, 2.45) is 5.73 Å². The Labute approximate surface area is 92.1 Å². The van der Waals surface area contributed by atoms with Crippen LogP contribution in [0.2, 0.25) is 0 Å². The van der Waals surface area contributed by atoms with Crippen LogP contribution in [0.5, 0.6) is 0 Å². The molecule has 0 aliphatic carbocycles. The van der Waals surface area contributed by atoms with Gasteiger partial charge < -0.3 is 5.73 Å². The van der Waals surface area contributed by atoms with Crippen molar-refractivity contribution in [1.82, 2.24) is 4.98 Å². The second-order valence-corrected chi connectivity index (χ2v) is 3.65. The molecule has 1 heterocycles. The van der Waals surface area contributed by atoms with Gasteiger partial charge in [0.1, 0.15) is 0 Å². The van der Waals surface area contributed by atoms with Gasteiger partial charge in [0, 0.05) is 24.0 Å². The summed E-state index contributed by atoms with van der Waals surface area (Å²) in [4.78, 5) is 4.16. The molecule has 0 spiro atoms. The first-order chi connectivity index (χ1) is 7.68. The summed E-state index contributed by atoms with van der Waals surface area (Å²) < 4.78 is 24.6. The highest BCUT2D eigenvalue weighted by molar-refractivity contribution is 5.82. The number of aromatic nitrogens is 1. The minimum atomic E-state index is -2.39. The van der Waals surface area contributed by atoms with Gasteiger partial charge in [0.05, 0.1) is 5.52 Å². The van der Waals surface area contributed by atoms with E-state index in [0.717, 1.165) is 16.5 Å². The molecule has 0 radical (unpaired) electrons. The molecule has 0 bridgehead atoms. The Balaban J connectivity index is 2.44. The van der Waals surface area contributed by atoms with E-state index in [9.17, 15) is 8.78 Å². The van der Waals surface area contributed by atoms with Gasteiger partial charge in [-0.3, -0.25) is 4.98 Å². The van der Waals surface area contributed by atoms with Gasteiger partial charge in [-0.25, -0.2) is 8.78 Å². The van der Waals surface area contributed by atoms with Crippen LogP contribution >= 0.6 is 0 Å². The van der Waals surface area contributed by atoms with Crippen LogP contribution in [0.15, 0.2) is 36.5 Å². The molecule has 0 amide bonds. The minimum Gasteiger partial charge on any atom is -0.324 e. The van der Waals surface area contributed by atoms with E-state index in [4.69, 9.17) is 5.73 Å². The van der Waals surface area contributed by atoms with Crippen molar-refractivity contribution < 1.29 is 8.78 Å². The average molecular weight is 222 g/mol. The molecule has 0 unspecified atom stereocenters. The topological polar surface area (TPSA) is 38.9 Å². The number of hydrogen-bond donors (Lipinski definition) is 1. The molecule has 2 N–H and O–H groups in total. The third-order valence-electron chi connectivity index (χ3n) is 2.51. The number of alkyl halides is 2. The number of benzene rings is 1. The maximum absolute atomic E-state index is 12.3. The van der Waals surface area contributed by atoms with Crippen LogP contribution in [0, 0.1) is 0 Å². The highest BCUT2D eigenvalue weighted by Gasteiger charge is 2.15. The second kappa shape index (κ2) is 4.53. The molecule has 0 saturated carbocycles. The standard InChI is InChI=1S/C12H12F2N2/c13-12(14)7-10(15)8-5-6-16-11-4-2-1-3-9(8)11/h1-6,10,12H,7,15H2/t10-/m0/s1. The van der Waals surface area contributed by atoms with Gasteiger partial charge in [0.2, 0.25) is 6.43 Å². The average Bonchev–Trinajstić information content (AvgIpc) is 2.27. The van der Waals surface area contributed by atoms with E-state index in [2.05, 4.69) is 4.98 Å². The smallest absolute Gasteiger partial charge is 0.240 e. The zero-order valence-electron chi connectivity index (χ0n) is 8.61. The molecule has 2 aromatic rings. The summed E-state index contributed by atoms with van der Waals surface area (Å²) in [6.45, 7) is 0. The van der Waals surface area contributed by atoms with Crippen molar-refractivity contribution in [2.75, 3.05) is 0 Å². The van der Waals surface area contributed by atoms with Crippen LogP contribution in [-0.4, -0.2) is 11.4 Å². The van der Waals surface area contributed by atoms with Gasteiger partial charge in [0.15, 0.2) is 0 Å². The second-order valence-electron chi connectivity index (χ2n) is 3.65. The largest absolute Gasteiger partial charge is 0.324 e. The SMILES string of the molecule is N[C@@H](CC(F)F)c1ccnc2ccccc12. The lowest BCUT2D eigenvalue weighted by Gasteiger charge is -2.13. The molecule has 1 atom stereocenters. The number of halogens is 2. The van der Waals surface area contributed by atoms with Crippen molar-refractivity contribution in [2.45, 2.75) is 18.9 Å². The van der Waals surface area contributed by atoms with E-state index >= 15 is 0 Å². The number of rotatable bonds is 3. The van der Waals surface area contributed by atoms with E-state index in [0.29, 0.717) is 0 Å². The first kappa shape index (κ1) is 11.0. The summed E-state index contributed by atoms with van der Waals surface area (Å²) in [6, 6.07) is 8.46. The summed E-state index contributed by atoms with van der Waals surface area (Å²) in [5.74, 6) is 0. The van der Waals surface area contributed by atoms with Crippen molar-refractivity contribution >= 4 is 10.9 Å². The Hall–Kier alpha value is -1.55. The van der Waals surface area contributed by atoms with Crippen LogP contribution in [0.25, 0.3) is 10.9 Å². The Kier molecular flexibility index (Phi) is 3.10. The molecule has 1 aromatic heterocycles. The van der Waals surface area contributed by atoms with E-state index in [1.807, 2.05) is 24.3 Å². The van der Waals surface area contributed by atoms with Crippen LogP contribution in [0.3, 0.4) is 0 Å². The molecule has 0 saturated heterocycles. The van der Waals surface area contributed by atoms with E-state index in [1.165, 1.54) is 0 Å². The van der Waals surface area contributed by atoms with Gasteiger partial charge in [-0.05, 0) is 17.7 Å². The summed E-state index contributed by atoms with van der Waals surface area (Å²) in [6.07, 6.45) is -1.11. The van der Waals surface area contributed by atoms with E-state index in [1.54, 1.807) is 12.3 Å². The van der Waals surface area contributed by atoms with Gasteiger partial charge >= 0.3 is 0 Å². The lowest BCUT2D eigenvalue weighted by Crippen LogP contribution is -2.14. The van der Waals surface area contributed by atoms with Crippen LogP contribution in [0.1, 0.15) is 18.0 Å². The van der Waals surface area contributed by atoms with Crippen LogP contribution < -0.4 is 5.73 Å². The monoisotopic (exact) mass is 222 g/mol. The molecule has 16 heavy (non-hydrogen) atoms. The Morgan fingerprint density at radius 3 is 2.69 bits per heavy atom. The molecule has 1 aromatic carbocycles. The third kappa shape index (κ3) is 2.17. The fraction of sp³-hybridized carbons (Fsp3) is 0.250. The van der Waals surface area contributed by atoms with Crippen LogP contribution in [-0.2, 0) is 0 Å². The molecule has 0 fully saturated rings. The number of pyridine rings is 1. The zero-order chi connectivity index (χ0) is 11.5. The van der Waals surface area contributed by atoms with Gasteiger partial charge in [-0.2, -0.15) is 0 Å². The lowest BCUT2D eigenvalue weighted by molar-refractivity contribution is 0.128. The Bertz CT molecular complexity index is 480. The van der Waals surface area contributed by atoms with Crippen LogP contribution in [0.4, 0.5) is 8.78 Å². The van der Waals surface area contributed by atoms with Crippen molar-refractivity contribution in [3.63, 3.8) is 0 Å². The number of nitrogens with zero attached hydrogens (tertiary/aromatic N) is 1. The molecule has 2 rings (SSSR count). The zero-order valence-corrected chi connectivity index (χ0v) is 8.61. The predicted octanol–water partition coefficient (Wildman–Crippen LogP) is 2.89. The molecular weight excluding hydrogens is 210 g/mol. The van der Waals surface area contributed by atoms with E-state index in [-0.39, 0.29) is 6.42 Å². The molecule has 0 aliphatic heterocycles. The fourth-order valence-corrected chi connectivity index (χ4v) is 1.76. The van der Waals surface area contributed by atoms with Gasteiger partial charge in [-0.15, -0.1) is 0 Å². The number of hydrogen-bond acceptors (Lipinski definition) is 2. The summed E-state index contributed by atoms with van der Waals surface area (Å²) in [7, 11) is 0. The van der Waals surface area contributed by atoms with Crippen molar-refractivity contribution in [1.29, 1.82) is 0 Å². The quantitative estimate of drug-likeness (QED) is 0.867. The summed E-state index contributed by atoms with van der Waals surface area (Å²) >= 11 is 0. The van der Waals surface area contributed by atoms with Crippen molar-refractivity contribution in [3.05, 3.63) is 42.1 Å². The number of para-hydroxylation sites is 1. The molecule has 4 heteroatoms. The maximum Gasteiger partial charge on any atom is 0.240 e. The minimum absolute atomic E-state index is 0.325. The first-order valence-corrected chi connectivity index (χ1v) is 5.06. The Morgan fingerprint density at radius 1 is 1.19 bits per heavy atom. The maximum atomic E-state index is 12.3. The molecule has 2 nitrogen and oxygen atoms in total. The summed E-state index contributed by atoms with van der Waals surface area (Å²) in [5, 5.41) is 0.846. The molecule has 84 valence electrons. The highest BCUT2D eigenvalue weighted by Crippen LogP contribution is 2.24. The summed E-state index contributed by atoms with van der Waals surface area (Å²) in [5.41, 5.74) is 7.26. The number of fused-ring (bicyclic) bond motifs is 1. The first-order valence-electron chi connectivity index (χ1n) is 5.06. The predicted molar refractivity (Wildman–Crippen MR) is 59.3 cm³/mol. The number of nitrogens with two attached hydrogens (primary N) is 1. The van der Waals surface area contributed by atoms with Gasteiger partial charge in [0.25, 0.3) is 0 Å². The van der Waals surface area contributed by atoms with Gasteiger partial charge in [-0.1, -0.05) is 18.2 Å². The van der Waals surface area contributed by atoms with Crippen molar-refractivity contribution in [3.8, 4) is 0 Å². The Morgan fingerprint density at radius 2 is 1.94 bits per heavy atom.